The number of H-pyrrole nitrogens is 1. The number of fused-ring (bicyclic) bond motifs is 1. The second-order valence-electron chi connectivity index (χ2n) is 7.98. The first-order valence-corrected chi connectivity index (χ1v) is 11.4. The molecular weight excluding hydrogens is 483 g/mol. The first-order chi connectivity index (χ1) is 17.5. The Bertz CT molecular complexity index is 1440. The van der Waals surface area contributed by atoms with E-state index in [1.54, 1.807) is 72.9 Å². The third-order valence-corrected chi connectivity index (χ3v) is 5.84. The number of nitrogens with zero attached hydrogens (tertiary/aromatic N) is 3. The van der Waals surface area contributed by atoms with Gasteiger partial charge in [-0.1, -0.05) is 41.9 Å². The maximum absolute atomic E-state index is 14.9. The van der Waals surface area contributed by atoms with E-state index in [4.69, 9.17) is 11.6 Å². The zero-order chi connectivity index (χ0) is 25.1. The van der Waals surface area contributed by atoms with Gasteiger partial charge < -0.3 is 20.5 Å². The molecule has 1 aliphatic rings. The maximum Gasteiger partial charge on any atom is 0.321 e. The van der Waals surface area contributed by atoms with Gasteiger partial charge in [-0.25, -0.2) is 19.2 Å². The van der Waals surface area contributed by atoms with Crippen molar-refractivity contribution >= 4 is 40.6 Å². The Hall–Kier alpha value is -4.50. The van der Waals surface area contributed by atoms with Crippen LogP contribution in [0.5, 0.6) is 0 Å². The third kappa shape index (κ3) is 4.82. The number of aliphatic imine (C=N–C) groups is 1. The highest BCUT2D eigenvalue weighted by Gasteiger charge is 2.34. The SMILES string of the molecule is O=C(Nc1ccc(Cl)cc1)N[C@@H]1N=C(c2ccccc2F)c2ccccc2N(Cc2cnc[nH]2)C1=O. The molecule has 0 fully saturated rings. The fraction of sp³-hybridized carbons (Fsp3) is 0.0769. The van der Waals surface area contributed by atoms with Crippen molar-refractivity contribution in [2.45, 2.75) is 12.7 Å². The molecule has 0 unspecified atom stereocenters. The van der Waals surface area contributed by atoms with E-state index in [2.05, 4.69) is 25.6 Å². The highest BCUT2D eigenvalue weighted by atomic mass is 35.5. The minimum atomic E-state index is -1.33. The molecule has 10 heteroatoms. The van der Waals surface area contributed by atoms with Crippen LogP contribution in [0.15, 0.2) is 90.3 Å². The predicted molar refractivity (Wildman–Crippen MR) is 136 cm³/mol. The summed E-state index contributed by atoms with van der Waals surface area (Å²) in [7, 11) is 0. The van der Waals surface area contributed by atoms with Gasteiger partial charge in [-0.2, -0.15) is 0 Å². The molecule has 1 aromatic heterocycles. The van der Waals surface area contributed by atoms with Crippen molar-refractivity contribution in [1.29, 1.82) is 0 Å². The van der Waals surface area contributed by atoms with E-state index in [0.717, 1.165) is 0 Å². The van der Waals surface area contributed by atoms with Crippen LogP contribution in [-0.2, 0) is 11.3 Å². The van der Waals surface area contributed by atoms with Crippen LogP contribution in [0, 0.1) is 5.82 Å². The number of anilines is 2. The number of hydrogen-bond donors (Lipinski definition) is 3. The van der Waals surface area contributed by atoms with Gasteiger partial charge in [-0.05, 0) is 42.5 Å². The normalized spacial score (nSPS) is 15.1. The Morgan fingerprint density at radius 2 is 1.75 bits per heavy atom. The molecule has 36 heavy (non-hydrogen) atoms. The minimum absolute atomic E-state index is 0.146. The van der Waals surface area contributed by atoms with Gasteiger partial charge >= 0.3 is 6.03 Å². The van der Waals surface area contributed by atoms with Crippen molar-refractivity contribution in [3.05, 3.63) is 113 Å². The van der Waals surface area contributed by atoms with Gasteiger partial charge in [0, 0.05) is 28.0 Å². The van der Waals surface area contributed by atoms with Crippen molar-refractivity contribution in [2.24, 2.45) is 4.99 Å². The monoisotopic (exact) mass is 502 g/mol. The highest BCUT2D eigenvalue weighted by molar-refractivity contribution is 6.30. The molecule has 0 saturated heterocycles. The number of urea groups is 1. The smallest absolute Gasteiger partial charge is 0.321 e. The van der Waals surface area contributed by atoms with Gasteiger partial charge in [0.2, 0.25) is 6.17 Å². The fourth-order valence-corrected chi connectivity index (χ4v) is 4.05. The van der Waals surface area contributed by atoms with Crippen LogP contribution >= 0.6 is 11.6 Å². The number of nitrogens with one attached hydrogen (secondary N) is 3. The molecule has 0 aliphatic carbocycles. The number of benzodiazepines with no additional fused rings is 1. The average Bonchev–Trinajstić information content (AvgIpc) is 3.37. The van der Waals surface area contributed by atoms with Gasteiger partial charge in [0.1, 0.15) is 5.82 Å². The number of halogens is 2. The van der Waals surface area contributed by atoms with E-state index in [-0.39, 0.29) is 17.8 Å². The van der Waals surface area contributed by atoms with E-state index < -0.39 is 23.9 Å². The summed E-state index contributed by atoms with van der Waals surface area (Å²) in [6.07, 6.45) is 1.79. The molecule has 3 amide bonds. The Labute approximate surface area is 210 Å². The molecular formula is C26H20ClFN6O2. The highest BCUT2D eigenvalue weighted by Crippen LogP contribution is 2.30. The summed E-state index contributed by atoms with van der Waals surface area (Å²) in [5.74, 6) is -0.987. The van der Waals surface area contributed by atoms with E-state index >= 15 is 0 Å². The van der Waals surface area contributed by atoms with Crippen LogP contribution in [0.25, 0.3) is 0 Å². The van der Waals surface area contributed by atoms with Crippen molar-refractivity contribution in [3.63, 3.8) is 0 Å². The van der Waals surface area contributed by atoms with E-state index in [0.29, 0.717) is 27.7 Å². The van der Waals surface area contributed by atoms with Crippen LogP contribution in [0.1, 0.15) is 16.8 Å². The second-order valence-corrected chi connectivity index (χ2v) is 8.42. The first kappa shape index (κ1) is 23.3. The Balaban J connectivity index is 1.56. The molecule has 2 heterocycles. The molecule has 0 bridgehead atoms. The lowest BCUT2D eigenvalue weighted by molar-refractivity contribution is -0.120. The van der Waals surface area contributed by atoms with Crippen LogP contribution in [0.2, 0.25) is 5.02 Å². The van der Waals surface area contributed by atoms with E-state index in [9.17, 15) is 14.0 Å². The third-order valence-electron chi connectivity index (χ3n) is 5.59. The number of carbonyl (C=O) groups excluding carboxylic acids is 2. The topological polar surface area (TPSA) is 102 Å². The number of para-hydroxylation sites is 1. The molecule has 4 aromatic rings. The number of carbonyl (C=O) groups is 2. The summed E-state index contributed by atoms with van der Waals surface area (Å²) in [4.78, 5) is 39.7. The Morgan fingerprint density at radius 1 is 1.03 bits per heavy atom. The van der Waals surface area contributed by atoms with Crippen LogP contribution in [-0.4, -0.2) is 33.8 Å². The summed E-state index contributed by atoms with van der Waals surface area (Å²) in [6.45, 7) is 0.146. The number of amides is 3. The lowest BCUT2D eigenvalue weighted by atomic mass is 9.99. The van der Waals surface area contributed by atoms with Crippen LogP contribution in [0.3, 0.4) is 0 Å². The molecule has 5 rings (SSSR count). The lowest BCUT2D eigenvalue weighted by Gasteiger charge is -2.25. The predicted octanol–water partition coefficient (Wildman–Crippen LogP) is 4.73. The van der Waals surface area contributed by atoms with E-state index in [1.807, 2.05) is 0 Å². The second kappa shape index (κ2) is 10.0. The van der Waals surface area contributed by atoms with Gasteiger partial charge in [-0.15, -0.1) is 0 Å². The average molecular weight is 503 g/mol. The number of rotatable bonds is 5. The van der Waals surface area contributed by atoms with Crippen LogP contribution < -0.4 is 15.5 Å². The van der Waals surface area contributed by atoms with Gasteiger partial charge in [0.15, 0.2) is 0 Å². The zero-order valence-corrected chi connectivity index (χ0v) is 19.5. The fourth-order valence-electron chi connectivity index (χ4n) is 3.92. The van der Waals surface area contributed by atoms with E-state index in [1.165, 1.54) is 17.3 Å². The summed E-state index contributed by atoms with van der Waals surface area (Å²) in [5, 5.41) is 5.81. The molecule has 1 atom stereocenters. The number of aromatic nitrogens is 2. The summed E-state index contributed by atoms with van der Waals surface area (Å²) < 4.78 is 14.9. The van der Waals surface area contributed by atoms with Gasteiger partial charge in [0.25, 0.3) is 5.91 Å². The molecule has 1 aliphatic heterocycles. The van der Waals surface area contributed by atoms with Gasteiger partial charge in [-0.3, -0.25) is 4.79 Å². The summed E-state index contributed by atoms with van der Waals surface area (Å²) >= 11 is 5.91. The van der Waals surface area contributed by atoms with Crippen molar-refractivity contribution in [1.82, 2.24) is 15.3 Å². The number of hydrogen-bond acceptors (Lipinski definition) is 4. The quantitative estimate of drug-likeness (QED) is 0.367. The largest absolute Gasteiger partial charge is 0.347 e. The Morgan fingerprint density at radius 3 is 2.47 bits per heavy atom. The molecule has 180 valence electrons. The standard InChI is InChI=1S/C26H20ClFN6O2/c27-16-9-11-17(12-10-16)31-26(36)33-24-25(35)34(14-18-13-29-15-30-18)22-8-4-2-6-20(22)23(32-24)19-5-1-3-7-21(19)28/h1-13,15,24H,14H2,(H,29,30)(H2,31,33,36)/t24-/m0/s1. The number of benzene rings is 3. The molecule has 0 saturated carbocycles. The number of aromatic amines is 1. The molecule has 8 nitrogen and oxygen atoms in total. The minimum Gasteiger partial charge on any atom is -0.347 e. The number of imidazole rings is 1. The maximum atomic E-state index is 14.9. The summed E-state index contributed by atoms with van der Waals surface area (Å²) in [5.41, 5.74) is 2.71. The van der Waals surface area contributed by atoms with Crippen molar-refractivity contribution < 1.29 is 14.0 Å². The van der Waals surface area contributed by atoms with Crippen molar-refractivity contribution in [2.75, 3.05) is 10.2 Å². The zero-order valence-electron chi connectivity index (χ0n) is 18.8. The lowest BCUT2D eigenvalue weighted by Crippen LogP contribution is -2.48. The van der Waals surface area contributed by atoms with Crippen LogP contribution in [0.4, 0.5) is 20.6 Å². The molecule has 0 radical (unpaired) electrons. The first-order valence-electron chi connectivity index (χ1n) is 11.0. The Kier molecular flexibility index (Phi) is 6.46. The molecule has 3 N–H and O–H groups in total. The molecule has 3 aromatic carbocycles. The molecule has 0 spiro atoms. The van der Waals surface area contributed by atoms with Gasteiger partial charge in [0.05, 0.1) is 30.0 Å². The summed E-state index contributed by atoms with van der Waals surface area (Å²) in [6, 6.07) is 19.1. The van der Waals surface area contributed by atoms with Crippen molar-refractivity contribution in [3.8, 4) is 0 Å².